The third-order valence-electron chi connectivity index (χ3n) is 4.19. The normalized spacial score (nSPS) is 12.0. The number of hydrogen-bond acceptors (Lipinski definition) is 5. The summed E-state index contributed by atoms with van der Waals surface area (Å²) in [6.07, 6.45) is 2.42. The third kappa shape index (κ3) is 6.27. The second-order valence-electron chi connectivity index (χ2n) is 6.23. The minimum absolute atomic E-state index is 0.0410. The fourth-order valence-electron chi connectivity index (χ4n) is 2.44. The van der Waals surface area contributed by atoms with Gasteiger partial charge >= 0.3 is 0 Å². The molecule has 28 heavy (non-hydrogen) atoms. The predicted molar refractivity (Wildman–Crippen MR) is 113 cm³/mol. The van der Waals surface area contributed by atoms with E-state index in [1.54, 1.807) is 12.1 Å². The van der Waals surface area contributed by atoms with Gasteiger partial charge in [-0.3, -0.25) is 4.79 Å². The van der Waals surface area contributed by atoms with Crippen LogP contribution in [0, 0.1) is 0 Å². The summed E-state index contributed by atoms with van der Waals surface area (Å²) in [5.41, 5.74) is 4.03. The number of hydrazone groups is 1. The van der Waals surface area contributed by atoms with Crippen molar-refractivity contribution in [3.8, 4) is 17.2 Å². The van der Waals surface area contributed by atoms with Crippen molar-refractivity contribution in [2.24, 2.45) is 5.10 Å². The second-order valence-corrected chi connectivity index (χ2v) is 7.15. The van der Waals surface area contributed by atoms with Gasteiger partial charge in [-0.15, -0.1) is 0 Å². The van der Waals surface area contributed by atoms with Crippen molar-refractivity contribution in [1.82, 2.24) is 5.43 Å². The summed E-state index contributed by atoms with van der Waals surface area (Å²) in [4.78, 5) is 11.9. The molecule has 2 rings (SSSR count). The van der Waals surface area contributed by atoms with Crippen molar-refractivity contribution < 1.29 is 19.4 Å². The highest BCUT2D eigenvalue weighted by Gasteiger charge is 2.09. The maximum absolute atomic E-state index is 11.9. The summed E-state index contributed by atoms with van der Waals surface area (Å²) in [6, 6.07) is 11.1. The average molecular weight is 449 g/mol. The largest absolute Gasteiger partial charge is 0.504 e. The van der Waals surface area contributed by atoms with Gasteiger partial charge in [-0.1, -0.05) is 41.9 Å². The van der Waals surface area contributed by atoms with E-state index in [0.717, 1.165) is 10.9 Å². The molecule has 0 unspecified atom stereocenters. The molecule has 0 aliphatic carbocycles. The van der Waals surface area contributed by atoms with Crippen LogP contribution in [0.4, 0.5) is 0 Å². The fourth-order valence-corrected chi connectivity index (χ4v) is 2.90. The van der Waals surface area contributed by atoms with Gasteiger partial charge in [0.05, 0.1) is 12.8 Å². The Kier molecular flexibility index (Phi) is 8.32. The van der Waals surface area contributed by atoms with Crippen molar-refractivity contribution in [3.05, 3.63) is 52.0 Å². The van der Waals surface area contributed by atoms with Crippen LogP contribution in [0.1, 0.15) is 44.2 Å². The number of aromatic hydroxyl groups is 1. The number of ether oxygens (including phenoxy) is 2. The zero-order chi connectivity index (χ0) is 20.5. The van der Waals surface area contributed by atoms with Crippen molar-refractivity contribution in [3.63, 3.8) is 0 Å². The van der Waals surface area contributed by atoms with Crippen LogP contribution in [-0.4, -0.2) is 30.4 Å². The number of phenolic OH excluding ortho intramolecular Hbond substituents is 1. The van der Waals surface area contributed by atoms with Crippen LogP contribution in [0.5, 0.6) is 17.2 Å². The number of carbonyl (C=O) groups excluding carboxylic acids is 1. The van der Waals surface area contributed by atoms with E-state index in [1.807, 2.05) is 31.2 Å². The molecule has 1 atom stereocenters. The number of halogens is 1. The number of nitrogens with zero attached hydrogens (tertiary/aromatic N) is 1. The molecule has 0 radical (unpaired) electrons. The highest BCUT2D eigenvalue weighted by Crippen LogP contribution is 2.32. The van der Waals surface area contributed by atoms with Crippen LogP contribution >= 0.6 is 15.9 Å². The van der Waals surface area contributed by atoms with Crippen molar-refractivity contribution >= 4 is 28.1 Å². The summed E-state index contributed by atoms with van der Waals surface area (Å²) in [6.45, 7) is 6.40. The van der Waals surface area contributed by atoms with Crippen LogP contribution < -0.4 is 14.9 Å². The maximum atomic E-state index is 11.9. The molecule has 1 amide bonds. The Bertz CT molecular complexity index is 822. The summed E-state index contributed by atoms with van der Waals surface area (Å²) < 4.78 is 11.6. The lowest BCUT2D eigenvalue weighted by molar-refractivity contribution is -0.123. The number of nitrogens with one attached hydrogen (secondary N) is 1. The molecular formula is C21H25BrN2O4. The van der Waals surface area contributed by atoms with E-state index in [-0.39, 0.29) is 12.4 Å². The number of carbonyl (C=O) groups is 1. The minimum Gasteiger partial charge on any atom is -0.504 e. The van der Waals surface area contributed by atoms with Gasteiger partial charge in [0.25, 0.3) is 5.91 Å². The van der Waals surface area contributed by atoms with E-state index >= 15 is 0 Å². The van der Waals surface area contributed by atoms with Crippen molar-refractivity contribution in [2.45, 2.75) is 33.1 Å². The summed E-state index contributed by atoms with van der Waals surface area (Å²) in [5, 5.41) is 14.0. The molecule has 7 heteroatoms. The van der Waals surface area contributed by atoms with Gasteiger partial charge in [0.15, 0.2) is 18.1 Å². The molecule has 0 fully saturated rings. The van der Waals surface area contributed by atoms with Crippen molar-refractivity contribution in [2.75, 3.05) is 13.2 Å². The molecule has 2 N–H and O–H groups in total. The Morgan fingerprint density at radius 3 is 2.61 bits per heavy atom. The van der Waals surface area contributed by atoms with Crippen LogP contribution in [0.25, 0.3) is 0 Å². The van der Waals surface area contributed by atoms with E-state index in [0.29, 0.717) is 29.6 Å². The lowest BCUT2D eigenvalue weighted by atomic mass is 9.99. The monoisotopic (exact) mass is 448 g/mol. The SMILES string of the molecule is CCOc1cc(Br)cc(/C=N/NC(=O)COc2ccc([C@@H](C)CC)cc2)c1O. The molecule has 0 saturated heterocycles. The van der Waals surface area contributed by atoms with Crippen LogP contribution in [0.2, 0.25) is 0 Å². The molecule has 2 aromatic rings. The Morgan fingerprint density at radius 1 is 1.25 bits per heavy atom. The Morgan fingerprint density at radius 2 is 1.96 bits per heavy atom. The maximum Gasteiger partial charge on any atom is 0.277 e. The highest BCUT2D eigenvalue weighted by molar-refractivity contribution is 9.10. The van der Waals surface area contributed by atoms with Gasteiger partial charge in [0.2, 0.25) is 0 Å². The molecule has 2 aromatic carbocycles. The number of hydrogen-bond donors (Lipinski definition) is 2. The quantitative estimate of drug-likeness (QED) is 0.433. The smallest absolute Gasteiger partial charge is 0.277 e. The van der Waals surface area contributed by atoms with Gasteiger partial charge in [0.1, 0.15) is 5.75 Å². The van der Waals surface area contributed by atoms with Crippen molar-refractivity contribution in [1.29, 1.82) is 0 Å². The zero-order valence-electron chi connectivity index (χ0n) is 16.2. The van der Waals surface area contributed by atoms with E-state index in [9.17, 15) is 9.90 Å². The Labute approximate surface area is 173 Å². The topological polar surface area (TPSA) is 80.2 Å². The van der Waals surface area contributed by atoms with E-state index in [2.05, 4.69) is 40.3 Å². The lowest BCUT2D eigenvalue weighted by Crippen LogP contribution is -2.24. The molecule has 0 aromatic heterocycles. The van der Waals surface area contributed by atoms with Crippen LogP contribution in [-0.2, 0) is 4.79 Å². The van der Waals surface area contributed by atoms with Gasteiger partial charge in [-0.05, 0) is 49.1 Å². The Hall–Kier alpha value is -2.54. The van der Waals surface area contributed by atoms with Gasteiger partial charge in [-0.25, -0.2) is 5.43 Å². The summed E-state index contributed by atoms with van der Waals surface area (Å²) in [7, 11) is 0. The van der Waals surface area contributed by atoms with Crippen LogP contribution in [0.3, 0.4) is 0 Å². The summed E-state index contributed by atoms with van der Waals surface area (Å²) >= 11 is 3.35. The minimum atomic E-state index is -0.401. The first-order valence-electron chi connectivity index (χ1n) is 9.14. The lowest BCUT2D eigenvalue weighted by Gasteiger charge is -2.10. The van der Waals surface area contributed by atoms with E-state index < -0.39 is 5.91 Å². The molecular weight excluding hydrogens is 424 g/mol. The fraction of sp³-hybridized carbons (Fsp3) is 0.333. The first-order chi connectivity index (χ1) is 13.4. The number of amides is 1. The molecule has 0 heterocycles. The molecule has 0 aliphatic rings. The number of phenols is 1. The molecule has 150 valence electrons. The molecule has 0 spiro atoms. The first-order valence-corrected chi connectivity index (χ1v) is 9.93. The van der Waals surface area contributed by atoms with Gasteiger partial charge in [-0.2, -0.15) is 5.10 Å². The molecule has 0 bridgehead atoms. The predicted octanol–water partition coefficient (Wildman–Crippen LogP) is 4.60. The van der Waals surface area contributed by atoms with Crippen LogP contribution in [0.15, 0.2) is 46.0 Å². The Balaban J connectivity index is 1.89. The average Bonchev–Trinajstić information content (AvgIpc) is 2.69. The number of benzene rings is 2. The highest BCUT2D eigenvalue weighted by atomic mass is 79.9. The zero-order valence-corrected chi connectivity index (χ0v) is 17.8. The van der Waals surface area contributed by atoms with E-state index in [1.165, 1.54) is 11.8 Å². The molecule has 0 aliphatic heterocycles. The van der Waals surface area contributed by atoms with Gasteiger partial charge < -0.3 is 14.6 Å². The standard InChI is InChI=1S/C21H25BrN2O4/c1-4-14(3)15-6-8-18(9-7-15)28-13-20(25)24-23-12-16-10-17(22)11-19(21(16)26)27-5-2/h6-12,14,26H,4-5,13H2,1-3H3,(H,24,25)/b23-12+/t14-/m0/s1. The van der Waals surface area contributed by atoms with E-state index in [4.69, 9.17) is 9.47 Å². The third-order valence-corrected chi connectivity index (χ3v) is 4.65. The molecule has 0 saturated carbocycles. The van der Waals surface area contributed by atoms with Gasteiger partial charge in [0, 0.05) is 10.0 Å². The molecule has 6 nitrogen and oxygen atoms in total. The summed E-state index contributed by atoms with van der Waals surface area (Å²) in [5.74, 6) is 1.01. The second kappa shape index (κ2) is 10.7. The first kappa shape index (κ1) is 21.8. The number of rotatable bonds is 9.